The molecule has 2 saturated carbocycles. The lowest BCUT2D eigenvalue weighted by atomic mass is 9.79. The molecule has 2 fully saturated rings. The predicted octanol–water partition coefficient (Wildman–Crippen LogP) is 2.32. The van der Waals surface area contributed by atoms with E-state index in [1.165, 1.54) is 12.8 Å². The fraction of sp³-hybridized carbons (Fsp3) is 0.867. The van der Waals surface area contributed by atoms with Gasteiger partial charge in [-0.2, -0.15) is 0 Å². The van der Waals surface area contributed by atoms with E-state index in [1.807, 2.05) is 7.05 Å². The van der Waals surface area contributed by atoms with Gasteiger partial charge in [0.2, 0.25) is 0 Å². The van der Waals surface area contributed by atoms with Gasteiger partial charge in [-0.3, -0.25) is 4.79 Å². The van der Waals surface area contributed by atoms with Crippen LogP contribution >= 0.6 is 0 Å². The SMILES string of the molecule is CC(C1CC1)N(C)C(=O)NCC1CCCCC1C(=O)O. The van der Waals surface area contributed by atoms with Crippen LogP contribution in [0.4, 0.5) is 4.79 Å². The minimum atomic E-state index is -0.719. The number of carbonyl (C=O) groups is 2. The number of carbonyl (C=O) groups excluding carboxylic acids is 1. The van der Waals surface area contributed by atoms with Crippen LogP contribution in [-0.4, -0.2) is 41.6 Å². The summed E-state index contributed by atoms with van der Waals surface area (Å²) in [5, 5.41) is 12.2. The monoisotopic (exact) mass is 282 g/mol. The van der Waals surface area contributed by atoms with Crippen LogP contribution in [0.3, 0.4) is 0 Å². The third kappa shape index (κ3) is 3.64. The van der Waals surface area contributed by atoms with Gasteiger partial charge in [0.15, 0.2) is 0 Å². The number of nitrogens with zero attached hydrogens (tertiary/aromatic N) is 1. The molecule has 0 aliphatic heterocycles. The van der Waals surface area contributed by atoms with Crippen LogP contribution in [-0.2, 0) is 4.79 Å². The number of carboxylic acids is 1. The van der Waals surface area contributed by atoms with Crippen LogP contribution in [0.15, 0.2) is 0 Å². The molecule has 3 atom stereocenters. The molecule has 0 aromatic carbocycles. The number of hydrogen-bond acceptors (Lipinski definition) is 2. The van der Waals surface area contributed by atoms with Crippen molar-refractivity contribution in [3.63, 3.8) is 0 Å². The van der Waals surface area contributed by atoms with E-state index in [0.29, 0.717) is 12.5 Å². The molecular weight excluding hydrogens is 256 g/mol. The summed E-state index contributed by atoms with van der Waals surface area (Å²) in [7, 11) is 1.83. The summed E-state index contributed by atoms with van der Waals surface area (Å²) in [5.41, 5.74) is 0. The Hall–Kier alpha value is -1.26. The summed E-state index contributed by atoms with van der Waals surface area (Å²) < 4.78 is 0. The predicted molar refractivity (Wildman–Crippen MR) is 76.4 cm³/mol. The van der Waals surface area contributed by atoms with E-state index >= 15 is 0 Å². The molecule has 2 aliphatic rings. The molecule has 20 heavy (non-hydrogen) atoms. The zero-order valence-corrected chi connectivity index (χ0v) is 12.5. The summed E-state index contributed by atoms with van der Waals surface area (Å²) in [6, 6.07) is 0.204. The number of amides is 2. The summed E-state index contributed by atoms with van der Waals surface area (Å²) in [6.07, 6.45) is 6.12. The summed E-state index contributed by atoms with van der Waals surface area (Å²) in [5.74, 6) is -0.291. The third-order valence-electron chi connectivity index (χ3n) is 4.98. The molecule has 0 aromatic rings. The maximum atomic E-state index is 12.1. The standard InChI is InChI=1S/C15H26N2O3/c1-10(11-7-8-11)17(2)15(20)16-9-12-5-3-4-6-13(12)14(18)19/h10-13H,3-9H2,1-2H3,(H,16,20)(H,18,19). The molecule has 3 unspecified atom stereocenters. The first-order valence-electron chi connectivity index (χ1n) is 7.74. The molecule has 5 heteroatoms. The van der Waals surface area contributed by atoms with Crippen molar-refractivity contribution in [1.29, 1.82) is 0 Å². The van der Waals surface area contributed by atoms with Crippen molar-refractivity contribution >= 4 is 12.0 Å². The molecular formula is C15H26N2O3. The lowest BCUT2D eigenvalue weighted by Gasteiger charge is -2.30. The van der Waals surface area contributed by atoms with Gasteiger partial charge < -0.3 is 15.3 Å². The lowest BCUT2D eigenvalue weighted by molar-refractivity contribution is -0.144. The van der Waals surface area contributed by atoms with Gasteiger partial charge in [-0.05, 0) is 44.4 Å². The summed E-state index contributed by atoms with van der Waals surface area (Å²) in [6.45, 7) is 2.56. The topological polar surface area (TPSA) is 69.6 Å². The van der Waals surface area contributed by atoms with E-state index in [2.05, 4.69) is 12.2 Å². The highest BCUT2D eigenvalue weighted by atomic mass is 16.4. The number of rotatable bonds is 5. The van der Waals surface area contributed by atoms with Crippen LogP contribution in [0.5, 0.6) is 0 Å². The average molecular weight is 282 g/mol. The Morgan fingerprint density at radius 3 is 2.50 bits per heavy atom. The van der Waals surface area contributed by atoms with E-state index in [4.69, 9.17) is 0 Å². The Balaban J connectivity index is 1.80. The first kappa shape index (κ1) is 15.1. The molecule has 0 spiro atoms. The van der Waals surface area contributed by atoms with Crippen molar-refractivity contribution in [2.24, 2.45) is 17.8 Å². The number of aliphatic carboxylic acids is 1. The minimum Gasteiger partial charge on any atom is -0.481 e. The molecule has 5 nitrogen and oxygen atoms in total. The van der Waals surface area contributed by atoms with Crippen LogP contribution in [0, 0.1) is 17.8 Å². The second-order valence-corrected chi connectivity index (χ2v) is 6.36. The lowest BCUT2D eigenvalue weighted by Crippen LogP contribution is -2.46. The second-order valence-electron chi connectivity index (χ2n) is 6.36. The molecule has 0 radical (unpaired) electrons. The van der Waals surface area contributed by atoms with Gasteiger partial charge in [-0.1, -0.05) is 12.8 Å². The number of urea groups is 1. The van der Waals surface area contributed by atoms with Gasteiger partial charge >= 0.3 is 12.0 Å². The van der Waals surface area contributed by atoms with Crippen molar-refractivity contribution in [3.8, 4) is 0 Å². The van der Waals surface area contributed by atoms with Gasteiger partial charge in [0, 0.05) is 19.6 Å². The highest BCUT2D eigenvalue weighted by Gasteiger charge is 2.34. The highest BCUT2D eigenvalue weighted by Crippen LogP contribution is 2.34. The zero-order chi connectivity index (χ0) is 14.7. The highest BCUT2D eigenvalue weighted by molar-refractivity contribution is 5.74. The van der Waals surface area contributed by atoms with Crippen molar-refractivity contribution in [1.82, 2.24) is 10.2 Å². The van der Waals surface area contributed by atoms with Gasteiger partial charge in [-0.15, -0.1) is 0 Å². The van der Waals surface area contributed by atoms with Crippen LogP contribution in [0.1, 0.15) is 45.4 Å². The number of nitrogens with one attached hydrogen (secondary N) is 1. The molecule has 0 saturated heterocycles. The van der Waals surface area contributed by atoms with Crippen molar-refractivity contribution in [2.75, 3.05) is 13.6 Å². The van der Waals surface area contributed by atoms with Crippen molar-refractivity contribution < 1.29 is 14.7 Å². The van der Waals surface area contributed by atoms with Gasteiger partial charge in [0.25, 0.3) is 0 Å². The van der Waals surface area contributed by atoms with E-state index in [0.717, 1.165) is 25.7 Å². The third-order valence-corrected chi connectivity index (χ3v) is 4.98. The number of hydrogen-bond donors (Lipinski definition) is 2. The first-order valence-corrected chi connectivity index (χ1v) is 7.74. The Morgan fingerprint density at radius 2 is 1.90 bits per heavy atom. The van der Waals surface area contributed by atoms with Gasteiger partial charge in [0.1, 0.15) is 0 Å². The largest absolute Gasteiger partial charge is 0.481 e. The van der Waals surface area contributed by atoms with E-state index in [1.54, 1.807) is 4.90 Å². The van der Waals surface area contributed by atoms with E-state index in [-0.39, 0.29) is 23.9 Å². The van der Waals surface area contributed by atoms with Crippen LogP contribution < -0.4 is 5.32 Å². The Bertz CT molecular complexity index is 368. The normalized spacial score (nSPS) is 27.7. The second kappa shape index (κ2) is 6.46. The maximum Gasteiger partial charge on any atom is 0.317 e. The molecule has 2 amide bonds. The Labute approximate surface area is 120 Å². The van der Waals surface area contributed by atoms with E-state index in [9.17, 15) is 14.7 Å². The molecule has 0 aromatic heterocycles. The fourth-order valence-corrected chi connectivity index (χ4v) is 3.20. The smallest absolute Gasteiger partial charge is 0.317 e. The van der Waals surface area contributed by atoms with Crippen molar-refractivity contribution in [3.05, 3.63) is 0 Å². The first-order chi connectivity index (χ1) is 9.50. The van der Waals surface area contributed by atoms with Crippen LogP contribution in [0.25, 0.3) is 0 Å². The van der Waals surface area contributed by atoms with Gasteiger partial charge in [-0.25, -0.2) is 4.79 Å². The minimum absolute atomic E-state index is 0.0703. The van der Waals surface area contributed by atoms with Crippen LogP contribution in [0.2, 0.25) is 0 Å². The maximum absolute atomic E-state index is 12.1. The molecule has 2 rings (SSSR count). The summed E-state index contributed by atoms with van der Waals surface area (Å²) >= 11 is 0. The molecule has 114 valence electrons. The molecule has 0 heterocycles. The average Bonchev–Trinajstić information content (AvgIpc) is 3.27. The quantitative estimate of drug-likeness (QED) is 0.813. The Morgan fingerprint density at radius 1 is 1.25 bits per heavy atom. The Kier molecular flexibility index (Phi) is 4.89. The number of carboxylic acid groups (broad SMARTS) is 1. The fourth-order valence-electron chi connectivity index (χ4n) is 3.20. The summed E-state index contributed by atoms with van der Waals surface area (Å²) in [4.78, 5) is 25.1. The van der Waals surface area contributed by atoms with Gasteiger partial charge in [0.05, 0.1) is 5.92 Å². The van der Waals surface area contributed by atoms with E-state index < -0.39 is 5.97 Å². The molecule has 0 bridgehead atoms. The molecule has 2 aliphatic carbocycles. The van der Waals surface area contributed by atoms with Crippen molar-refractivity contribution in [2.45, 2.75) is 51.5 Å². The zero-order valence-electron chi connectivity index (χ0n) is 12.5. The molecule has 2 N–H and O–H groups in total.